The first kappa shape index (κ1) is 45.9. The van der Waals surface area contributed by atoms with E-state index in [2.05, 4.69) is 37.2 Å². The number of benzene rings is 2. The van der Waals surface area contributed by atoms with Gasteiger partial charge in [-0.15, -0.1) is 0 Å². The van der Waals surface area contributed by atoms with E-state index in [1.807, 2.05) is 0 Å². The number of nitrogens with two attached hydrogens (primary N) is 1. The maximum atomic E-state index is 14.0. The highest BCUT2D eigenvalue weighted by atomic mass is 32.2. The van der Waals surface area contributed by atoms with E-state index in [0.717, 1.165) is 0 Å². The molecule has 1 aliphatic heterocycles. The number of phenolic OH excluding ortho intramolecular Hbond substituents is 1. The Morgan fingerprint density at radius 3 is 1.86 bits per heavy atom. The monoisotopic (exact) mass is 812 g/mol. The number of aromatic hydroxyl groups is 1. The summed E-state index contributed by atoms with van der Waals surface area (Å²) < 4.78 is 0. The van der Waals surface area contributed by atoms with E-state index in [4.69, 9.17) is 5.73 Å². The van der Waals surface area contributed by atoms with Crippen molar-refractivity contribution < 1.29 is 48.6 Å². The first-order chi connectivity index (χ1) is 26.9. The summed E-state index contributed by atoms with van der Waals surface area (Å²) in [6, 6.07) is 4.71. The van der Waals surface area contributed by atoms with Crippen LogP contribution in [0, 0.1) is 5.92 Å². The number of aliphatic hydroxyl groups excluding tert-OH is 1. The van der Waals surface area contributed by atoms with Crippen LogP contribution in [-0.4, -0.2) is 117 Å². The van der Waals surface area contributed by atoms with Crippen LogP contribution in [0.4, 0.5) is 0 Å². The molecule has 0 radical (unpaired) electrons. The lowest BCUT2D eigenvalue weighted by molar-refractivity contribution is -0.135. The first-order valence-electron chi connectivity index (χ1n) is 18.4. The van der Waals surface area contributed by atoms with Gasteiger partial charge in [-0.2, -0.15) is 0 Å². The Kier molecular flexibility index (Phi) is 17.4. The molecule has 310 valence electrons. The fourth-order valence-electron chi connectivity index (χ4n) is 5.47. The fraction of sp³-hybridized carbons (Fsp3) is 0.474. The van der Waals surface area contributed by atoms with Gasteiger partial charge in [0, 0.05) is 18.6 Å². The Bertz CT molecular complexity index is 1760. The highest BCUT2D eigenvalue weighted by Gasteiger charge is 2.35. The Morgan fingerprint density at radius 2 is 1.28 bits per heavy atom. The van der Waals surface area contributed by atoms with E-state index in [9.17, 15) is 48.6 Å². The summed E-state index contributed by atoms with van der Waals surface area (Å²) in [6.45, 7) is 6.51. The van der Waals surface area contributed by atoms with Crippen LogP contribution >= 0.6 is 11.8 Å². The molecule has 7 amide bonds. The smallest absolute Gasteiger partial charge is 0.245 e. The van der Waals surface area contributed by atoms with Crippen LogP contribution < -0.4 is 43.0 Å². The van der Waals surface area contributed by atoms with Crippen LogP contribution in [0.25, 0.3) is 0 Å². The lowest BCUT2D eigenvalue weighted by Crippen LogP contribution is -2.61. The maximum Gasteiger partial charge on any atom is 0.245 e. The predicted molar refractivity (Wildman–Crippen MR) is 210 cm³/mol. The number of carbonyl (C=O) groups excluding carboxylic acids is 8. The SMILES string of the molecule is CC(C)[C@H](NC(=O)[C@H](CO)NC(=O)[C@H](C)N)C(=O)N[C@H]1CSC(=O)[C@H](Cc2ccccc2)NC(=O)[C@H](Cc2ccc(O)cc2)NC(=O)[C@H](C)NC(=O)[C@H](C)NC1=O. The molecule has 0 aliphatic carbocycles. The highest BCUT2D eigenvalue weighted by Crippen LogP contribution is 2.16. The number of thioether (sulfide) groups is 1. The largest absolute Gasteiger partial charge is 0.508 e. The number of rotatable bonds is 12. The minimum Gasteiger partial charge on any atom is -0.508 e. The van der Waals surface area contributed by atoms with E-state index in [-0.39, 0.29) is 24.3 Å². The van der Waals surface area contributed by atoms with Crippen LogP contribution in [-0.2, 0) is 51.2 Å². The average Bonchev–Trinajstić information content (AvgIpc) is 3.16. The van der Waals surface area contributed by atoms with Gasteiger partial charge < -0.3 is 53.2 Å². The summed E-state index contributed by atoms with van der Waals surface area (Å²) in [5.74, 6) is -6.56. The van der Waals surface area contributed by atoms with Crippen molar-refractivity contribution in [1.29, 1.82) is 0 Å². The Balaban J connectivity index is 1.96. The third kappa shape index (κ3) is 14.2. The molecule has 1 heterocycles. The summed E-state index contributed by atoms with van der Waals surface area (Å²) in [6.07, 6.45) is -0.0123. The summed E-state index contributed by atoms with van der Waals surface area (Å²) >= 11 is 0.633. The molecular weight excluding hydrogens is 761 g/mol. The predicted octanol–water partition coefficient (Wildman–Crippen LogP) is -2.12. The molecule has 2 aromatic carbocycles. The topological polar surface area (TPSA) is 287 Å². The molecule has 19 heteroatoms. The molecule has 8 atom stereocenters. The molecule has 2 aromatic rings. The molecule has 0 saturated carbocycles. The number of nitrogens with one attached hydrogen (secondary N) is 7. The Morgan fingerprint density at radius 1 is 0.737 bits per heavy atom. The first-order valence-corrected chi connectivity index (χ1v) is 19.4. The maximum absolute atomic E-state index is 14.0. The molecular formula is C38H52N8O10S. The van der Waals surface area contributed by atoms with Gasteiger partial charge in [0.1, 0.15) is 48.0 Å². The van der Waals surface area contributed by atoms with Crippen molar-refractivity contribution in [3.05, 3.63) is 65.7 Å². The molecule has 1 saturated heterocycles. The summed E-state index contributed by atoms with van der Waals surface area (Å²) in [7, 11) is 0. The number of aliphatic hydroxyl groups is 1. The van der Waals surface area contributed by atoms with Gasteiger partial charge in [0.2, 0.25) is 46.5 Å². The van der Waals surface area contributed by atoms with Crippen LogP contribution in [0.1, 0.15) is 45.7 Å². The molecule has 0 unspecified atom stereocenters. The van der Waals surface area contributed by atoms with Crippen molar-refractivity contribution in [3.8, 4) is 5.75 Å². The van der Waals surface area contributed by atoms with E-state index in [1.54, 1.807) is 56.3 Å². The third-order valence-corrected chi connectivity index (χ3v) is 9.97. The van der Waals surface area contributed by atoms with E-state index in [1.165, 1.54) is 32.9 Å². The number of carbonyl (C=O) groups is 8. The van der Waals surface area contributed by atoms with Gasteiger partial charge in [0.05, 0.1) is 12.6 Å². The van der Waals surface area contributed by atoms with Gasteiger partial charge in [-0.1, -0.05) is 68.1 Å². The molecule has 18 nitrogen and oxygen atoms in total. The minimum atomic E-state index is -1.48. The van der Waals surface area contributed by atoms with Gasteiger partial charge in [-0.3, -0.25) is 38.4 Å². The van der Waals surface area contributed by atoms with Crippen molar-refractivity contribution >= 4 is 58.2 Å². The molecule has 1 aliphatic rings. The fourth-order valence-corrected chi connectivity index (χ4v) is 6.38. The van der Waals surface area contributed by atoms with Gasteiger partial charge in [-0.05, 0) is 49.9 Å². The van der Waals surface area contributed by atoms with E-state index in [0.29, 0.717) is 22.9 Å². The normalized spacial score (nSPS) is 22.8. The van der Waals surface area contributed by atoms with Crippen LogP contribution in [0.15, 0.2) is 54.6 Å². The zero-order chi connectivity index (χ0) is 42.4. The quantitative estimate of drug-likeness (QED) is 0.110. The summed E-state index contributed by atoms with van der Waals surface area (Å²) in [4.78, 5) is 107. The summed E-state index contributed by atoms with van der Waals surface area (Å²) in [5, 5.41) is 36.6. The van der Waals surface area contributed by atoms with Crippen LogP contribution in [0.5, 0.6) is 5.75 Å². The van der Waals surface area contributed by atoms with E-state index < -0.39 is 107 Å². The molecule has 0 aromatic heterocycles. The van der Waals surface area contributed by atoms with Gasteiger partial charge in [-0.25, -0.2) is 0 Å². The van der Waals surface area contributed by atoms with Crippen molar-refractivity contribution in [2.75, 3.05) is 12.4 Å². The molecule has 0 spiro atoms. The second-order valence-corrected chi connectivity index (χ2v) is 15.1. The number of amides is 7. The zero-order valence-corrected chi connectivity index (χ0v) is 33.2. The Labute approximate surface area is 334 Å². The van der Waals surface area contributed by atoms with E-state index >= 15 is 0 Å². The molecule has 11 N–H and O–H groups in total. The van der Waals surface area contributed by atoms with Crippen molar-refractivity contribution in [2.24, 2.45) is 11.7 Å². The lowest BCUT2D eigenvalue weighted by atomic mass is 10.0. The average molecular weight is 813 g/mol. The standard InChI is InChI=1S/C38H52N8O10S/c1-19(2)30(46-35(53)28(17-47)44-31(49)20(3)39)37(55)45-29-18-57-38(56)27(16-23-9-7-6-8-10-23)43-34(52)26(15-24-11-13-25(48)14-12-24)42-33(51)22(5)40-32(50)21(4)41-36(29)54/h6-14,19-22,26-30,47-48H,15-18,39H2,1-5H3,(H,40,50)(H,41,54)(H,42,51)(H,43,52)(H,44,49)(H,45,55)(H,46,53)/t20-,21-,22-,26-,27-,28-,29-,30-/m0/s1. The molecule has 57 heavy (non-hydrogen) atoms. The van der Waals surface area contributed by atoms with Gasteiger partial charge >= 0.3 is 0 Å². The third-order valence-electron chi connectivity index (χ3n) is 8.90. The van der Waals surface area contributed by atoms with Gasteiger partial charge in [0.25, 0.3) is 0 Å². The second-order valence-electron chi connectivity index (χ2n) is 14.1. The minimum absolute atomic E-state index is 0.00867. The van der Waals surface area contributed by atoms with Crippen molar-refractivity contribution in [1.82, 2.24) is 37.2 Å². The molecule has 3 rings (SSSR count). The van der Waals surface area contributed by atoms with Crippen LogP contribution in [0.2, 0.25) is 0 Å². The molecule has 0 bridgehead atoms. The number of hydrogen-bond acceptors (Lipinski definition) is 12. The second kappa shape index (κ2) is 21.7. The zero-order valence-electron chi connectivity index (χ0n) is 32.4. The summed E-state index contributed by atoms with van der Waals surface area (Å²) in [5.41, 5.74) is 6.82. The van der Waals surface area contributed by atoms with Crippen molar-refractivity contribution in [2.45, 2.75) is 95.8 Å². The molecule has 1 fully saturated rings. The van der Waals surface area contributed by atoms with Crippen LogP contribution in [0.3, 0.4) is 0 Å². The lowest BCUT2D eigenvalue weighted by Gasteiger charge is -2.28. The highest BCUT2D eigenvalue weighted by molar-refractivity contribution is 8.13. The van der Waals surface area contributed by atoms with Gasteiger partial charge in [0.15, 0.2) is 0 Å². The number of hydrogen-bond donors (Lipinski definition) is 10. The van der Waals surface area contributed by atoms with Crippen molar-refractivity contribution in [3.63, 3.8) is 0 Å². The number of phenols is 1. The Hall–Kier alpha value is -5.53.